The molecule has 0 bridgehead atoms. The van der Waals surface area contributed by atoms with Crippen LogP contribution in [0.15, 0.2) is 0 Å². The Kier molecular flexibility index (Phi) is 3.86. The molecule has 0 aliphatic rings. The number of aldehydes is 1. The van der Waals surface area contributed by atoms with Crippen molar-refractivity contribution >= 4 is 18.7 Å². The number of carboxylic acid groups (broad SMARTS) is 1. The van der Waals surface area contributed by atoms with Crippen LogP contribution in [0.4, 0.5) is 0 Å². The van der Waals surface area contributed by atoms with Gasteiger partial charge in [0.2, 0.25) is 6.41 Å². The molecule has 0 aliphatic heterocycles. The van der Waals surface area contributed by atoms with E-state index in [0.29, 0.717) is 12.7 Å². The maximum Gasteiger partial charge on any atom is 0.305 e. The molecular weight excluding hydrogens is 138 g/mol. The lowest BCUT2D eigenvalue weighted by Crippen LogP contribution is -2.31. The Morgan fingerprint density at radius 1 is 1.60 bits per heavy atom. The van der Waals surface area contributed by atoms with Gasteiger partial charge in [-0.3, -0.25) is 9.59 Å². The van der Waals surface area contributed by atoms with Crippen LogP contribution in [0.3, 0.4) is 0 Å². The molecule has 56 valence electrons. The number of nitrogens with one attached hydrogen (secondary N) is 1. The molecule has 2 N–H and O–H groups in total. The predicted octanol–water partition coefficient (Wildman–Crippen LogP) is -1.23. The van der Waals surface area contributed by atoms with Crippen molar-refractivity contribution < 1.29 is 19.5 Å². The van der Waals surface area contributed by atoms with Crippen molar-refractivity contribution in [3.8, 4) is 0 Å². The maximum absolute atomic E-state index is 9.95. The van der Waals surface area contributed by atoms with Crippen molar-refractivity contribution in [3.63, 3.8) is 0 Å². The van der Waals surface area contributed by atoms with Gasteiger partial charge in [-0.2, -0.15) is 0 Å². The molecule has 0 radical (unpaired) electrons. The number of hydrogen-bond acceptors (Lipinski definition) is 3. The number of amides is 1. The van der Waals surface area contributed by atoms with E-state index in [9.17, 15) is 14.4 Å². The van der Waals surface area contributed by atoms with Crippen molar-refractivity contribution in [2.24, 2.45) is 0 Å². The van der Waals surface area contributed by atoms with Crippen LogP contribution in [-0.4, -0.2) is 29.8 Å². The summed E-state index contributed by atoms with van der Waals surface area (Å²) in [6.45, 7) is 0. The van der Waals surface area contributed by atoms with Crippen molar-refractivity contribution in [2.45, 2.75) is 12.5 Å². The molecular formula is C5H7NO4. The van der Waals surface area contributed by atoms with E-state index >= 15 is 0 Å². The van der Waals surface area contributed by atoms with Crippen molar-refractivity contribution in [2.75, 3.05) is 0 Å². The molecule has 0 heterocycles. The van der Waals surface area contributed by atoms with Gasteiger partial charge in [0.05, 0.1) is 12.5 Å². The Morgan fingerprint density at radius 2 is 2.20 bits per heavy atom. The molecule has 10 heavy (non-hydrogen) atoms. The number of carboxylic acids is 1. The summed E-state index contributed by atoms with van der Waals surface area (Å²) in [5.41, 5.74) is 0. The summed E-state index contributed by atoms with van der Waals surface area (Å²) in [6, 6.07) is -0.907. The summed E-state index contributed by atoms with van der Waals surface area (Å²) in [4.78, 5) is 29.6. The normalized spacial score (nSPS) is 11.6. The highest BCUT2D eigenvalue weighted by molar-refractivity contribution is 5.75. The van der Waals surface area contributed by atoms with Crippen LogP contribution in [0.2, 0.25) is 0 Å². The van der Waals surface area contributed by atoms with E-state index in [1.54, 1.807) is 0 Å². The van der Waals surface area contributed by atoms with Gasteiger partial charge < -0.3 is 15.2 Å². The topological polar surface area (TPSA) is 83.5 Å². The molecule has 0 unspecified atom stereocenters. The van der Waals surface area contributed by atoms with Gasteiger partial charge >= 0.3 is 5.97 Å². The fraction of sp³-hybridized carbons (Fsp3) is 0.400. The van der Waals surface area contributed by atoms with Crippen LogP contribution in [0.25, 0.3) is 0 Å². The zero-order valence-corrected chi connectivity index (χ0v) is 5.11. The number of rotatable bonds is 5. The molecule has 0 aromatic heterocycles. The summed E-state index contributed by atoms with van der Waals surface area (Å²) in [5, 5.41) is 10.2. The van der Waals surface area contributed by atoms with Gasteiger partial charge in [-0.1, -0.05) is 0 Å². The van der Waals surface area contributed by atoms with Gasteiger partial charge in [-0.25, -0.2) is 0 Å². The van der Waals surface area contributed by atoms with E-state index in [1.807, 2.05) is 5.32 Å². The highest BCUT2D eigenvalue weighted by Gasteiger charge is 2.09. The van der Waals surface area contributed by atoms with Crippen molar-refractivity contribution in [1.29, 1.82) is 0 Å². The van der Waals surface area contributed by atoms with Crippen LogP contribution in [0, 0.1) is 0 Å². The Bertz CT molecular complexity index is 145. The Balaban J connectivity index is 3.70. The molecule has 0 aromatic rings. The Hall–Kier alpha value is -1.39. The maximum atomic E-state index is 9.95. The fourth-order valence-corrected chi connectivity index (χ4v) is 0.422. The first-order valence-electron chi connectivity index (χ1n) is 2.57. The molecule has 1 atom stereocenters. The summed E-state index contributed by atoms with van der Waals surface area (Å²) >= 11 is 0. The van der Waals surface area contributed by atoms with Crippen LogP contribution < -0.4 is 5.32 Å². The number of carbonyl (C=O) groups excluding carboxylic acids is 2. The lowest BCUT2D eigenvalue weighted by Gasteiger charge is -2.02. The lowest BCUT2D eigenvalue weighted by atomic mass is 10.2. The molecule has 1 amide bonds. The van der Waals surface area contributed by atoms with Crippen LogP contribution in [-0.2, 0) is 14.4 Å². The van der Waals surface area contributed by atoms with Crippen LogP contribution in [0.1, 0.15) is 6.42 Å². The van der Waals surface area contributed by atoms with Crippen molar-refractivity contribution in [3.05, 3.63) is 0 Å². The first-order chi connectivity index (χ1) is 4.70. The lowest BCUT2D eigenvalue weighted by molar-refractivity contribution is -0.138. The molecule has 0 fully saturated rings. The fourth-order valence-electron chi connectivity index (χ4n) is 0.422. The van der Waals surface area contributed by atoms with E-state index in [-0.39, 0.29) is 6.42 Å². The van der Waals surface area contributed by atoms with E-state index in [0.717, 1.165) is 0 Å². The summed E-state index contributed by atoms with van der Waals surface area (Å²) in [6.07, 6.45) is 0.298. The third-order valence-corrected chi connectivity index (χ3v) is 0.841. The van der Waals surface area contributed by atoms with E-state index in [1.165, 1.54) is 0 Å². The van der Waals surface area contributed by atoms with Gasteiger partial charge in [0.1, 0.15) is 6.29 Å². The van der Waals surface area contributed by atoms with E-state index in [2.05, 4.69) is 0 Å². The summed E-state index contributed by atoms with van der Waals surface area (Å²) < 4.78 is 0. The van der Waals surface area contributed by atoms with E-state index < -0.39 is 12.0 Å². The third-order valence-electron chi connectivity index (χ3n) is 0.841. The molecule has 0 aliphatic carbocycles. The molecule has 0 saturated carbocycles. The largest absolute Gasteiger partial charge is 0.481 e. The molecule has 0 spiro atoms. The number of hydrogen-bond donors (Lipinski definition) is 2. The summed E-state index contributed by atoms with van der Waals surface area (Å²) in [5.74, 6) is -1.12. The first-order valence-corrected chi connectivity index (χ1v) is 2.57. The minimum atomic E-state index is -1.12. The highest BCUT2D eigenvalue weighted by Crippen LogP contribution is 1.85. The minimum Gasteiger partial charge on any atom is -0.481 e. The third kappa shape index (κ3) is 3.59. The predicted molar refractivity (Wildman–Crippen MR) is 31.3 cm³/mol. The second kappa shape index (κ2) is 4.49. The molecule has 0 rings (SSSR count). The van der Waals surface area contributed by atoms with E-state index in [4.69, 9.17) is 5.11 Å². The van der Waals surface area contributed by atoms with Gasteiger partial charge in [0, 0.05) is 0 Å². The molecule has 0 aromatic carbocycles. The van der Waals surface area contributed by atoms with Gasteiger partial charge in [0.15, 0.2) is 0 Å². The second-order valence-electron chi connectivity index (χ2n) is 1.62. The van der Waals surface area contributed by atoms with Crippen molar-refractivity contribution in [1.82, 2.24) is 5.32 Å². The minimum absolute atomic E-state index is 0.294. The monoisotopic (exact) mass is 145 g/mol. The molecule has 5 nitrogen and oxygen atoms in total. The zero-order chi connectivity index (χ0) is 7.98. The van der Waals surface area contributed by atoms with Gasteiger partial charge in [-0.05, 0) is 0 Å². The smallest absolute Gasteiger partial charge is 0.305 e. The Morgan fingerprint density at radius 3 is 2.50 bits per heavy atom. The molecule has 5 heteroatoms. The summed E-state index contributed by atoms with van der Waals surface area (Å²) in [7, 11) is 0. The van der Waals surface area contributed by atoms with Gasteiger partial charge in [0.25, 0.3) is 0 Å². The van der Waals surface area contributed by atoms with Crippen LogP contribution >= 0.6 is 0 Å². The average molecular weight is 145 g/mol. The quantitative estimate of drug-likeness (QED) is 0.474. The Labute approximate surface area is 57.0 Å². The zero-order valence-electron chi connectivity index (χ0n) is 5.11. The van der Waals surface area contributed by atoms with Gasteiger partial charge in [-0.15, -0.1) is 0 Å². The number of carbonyl (C=O) groups is 3. The molecule has 0 saturated heterocycles. The van der Waals surface area contributed by atoms with Crippen LogP contribution in [0.5, 0.6) is 0 Å². The first kappa shape index (κ1) is 8.61. The standard InChI is InChI=1S/C5H7NO4/c7-2-4(6-3-8)1-5(9)10/h2-4H,1H2,(H,6,8)(H,9,10)/t4-/m0/s1. The number of aliphatic carboxylic acids is 1. The second-order valence-corrected chi connectivity index (χ2v) is 1.62. The SMILES string of the molecule is O=CN[C@H](C=O)CC(=O)O. The highest BCUT2D eigenvalue weighted by atomic mass is 16.4. The average Bonchev–Trinajstić information content (AvgIpc) is 1.86.